The molecule has 1 aliphatic carbocycles. The number of hydrogen-bond donors (Lipinski definition) is 1. The summed E-state index contributed by atoms with van der Waals surface area (Å²) < 4.78 is 5.46. The van der Waals surface area contributed by atoms with Gasteiger partial charge in [-0.1, -0.05) is 24.4 Å². The van der Waals surface area contributed by atoms with Gasteiger partial charge < -0.3 is 9.84 Å². The van der Waals surface area contributed by atoms with Crippen LogP contribution < -0.4 is 4.74 Å². The van der Waals surface area contributed by atoms with Crippen molar-refractivity contribution in [2.24, 2.45) is 11.8 Å². The van der Waals surface area contributed by atoms with Crippen LogP contribution in [-0.4, -0.2) is 41.1 Å². The van der Waals surface area contributed by atoms with Gasteiger partial charge in [-0.25, -0.2) is 0 Å². The van der Waals surface area contributed by atoms with Gasteiger partial charge in [-0.2, -0.15) is 0 Å². The van der Waals surface area contributed by atoms with E-state index in [0.717, 1.165) is 25.7 Å². The topological polar surface area (TPSA) is 66.8 Å². The molecule has 1 saturated carbocycles. The molecule has 1 aliphatic heterocycles. The highest BCUT2D eigenvalue weighted by atomic mass is 35.5. The summed E-state index contributed by atoms with van der Waals surface area (Å²) in [5.74, 6) is -0.0436. The first-order valence-electron chi connectivity index (χ1n) is 7.98. The maximum atomic E-state index is 12.3. The molecule has 0 bridgehead atoms. The minimum absolute atomic E-state index is 0.00173. The lowest BCUT2D eigenvalue weighted by molar-refractivity contribution is -0.141. The molecule has 5 nitrogen and oxygen atoms in total. The molecule has 2 amide bonds. The van der Waals surface area contributed by atoms with Crippen molar-refractivity contribution >= 4 is 23.4 Å². The molecule has 2 fully saturated rings. The number of carbonyl (C=O) groups is 2. The molecule has 0 aromatic heterocycles. The summed E-state index contributed by atoms with van der Waals surface area (Å²) >= 11 is 5.79. The number of halogens is 1. The number of ether oxygens (including phenoxy) is 1. The van der Waals surface area contributed by atoms with Gasteiger partial charge in [0.2, 0.25) is 11.8 Å². The zero-order chi connectivity index (χ0) is 16.4. The fourth-order valence-electron chi connectivity index (χ4n) is 3.40. The number of likely N-dealkylation sites (tertiary alicyclic amines) is 1. The zero-order valence-electron chi connectivity index (χ0n) is 12.8. The lowest BCUT2D eigenvalue weighted by Crippen LogP contribution is -2.40. The Labute approximate surface area is 140 Å². The Morgan fingerprint density at radius 2 is 1.70 bits per heavy atom. The minimum atomic E-state index is -0.904. The maximum absolute atomic E-state index is 12.3. The first-order chi connectivity index (χ1) is 11.1. The molecule has 1 aromatic carbocycles. The number of benzene rings is 1. The summed E-state index contributed by atoms with van der Waals surface area (Å²) in [7, 11) is 0. The van der Waals surface area contributed by atoms with E-state index in [4.69, 9.17) is 16.3 Å². The number of imide groups is 1. The average Bonchev–Trinajstić information content (AvgIpc) is 2.80. The van der Waals surface area contributed by atoms with Crippen LogP contribution in [0.4, 0.5) is 0 Å². The number of carbonyl (C=O) groups excluding carboxylic acids is 2. The lowest BCUT2D eigenvalue weighted by atomic mass is 9.81. The third-order valence-corrected chi connectivity index (χ3v) is 4.83. The standard InChI is InChI=1S/C17H20ClNO4/c18-11-5-7-13(8-6-11)23-10-12(20)9-19-16(21)14-3-1-2-4-15(14)17(19)22/h5-8,12,14-15,20H,1-4,9-10H2/t12-,14+,15+/m0/s1. The zero-order valence-corrected chi connectivity index (χ0v) is 13.5. The number of hydrogen-bond acceptors (Lipinski definition) is 4. The first-order valence-corrected chi connectivity index (χ1v) is 8.35. The van der Waals surface area contributed by atoms with Gasteiger partial charge in [-0.3, -0.25) is 14.5 Å². The number of aliphatic hydroxyl groups is 1. The number of nitrogens with zero attached hydrogens (tertiary/aromatic N) is 1. The number of β-amino-alcohol motifs (C(OH)–C–C–N with tert-alkyl or cyclic N) is 1. The summed E-state index contributed by atoms with van der Waals surface area (Å²) in [4.78, 5) is 25.9. The molecule has 1 aromatic rings. The van der Waals surface area contributed by atoms with Crippen molar-refractivity contribution in [2.75, 3.05) is 13.2 Å². The van der Waals surface area contributed by atoms with Crippen molar-refractivity contribution in [2.45, 2.75) is 31.8 Å². The van der Waals surface area contributed by atoms with Crippen molar-refractivity contribution in [1.82, 2.24) is 4.90 Å². The molecule has 0 spiro atoms. The summed E-state index contributed by atoms with van der Waals surface area (Å²) in [6.07, 6.45) is 2.65. The van der Waals surface area contributed by atoms with E-state index in [1.165, 1.54) is 4.90 Å². The van der Waals surface area contributed by atoms with E-state index < -0.39 is 6.10 Å². The molecule has 0 radical (unpaired) electrons. The van der Waals surface area contributed by atoms with Gasteiger partial charge in [0.15, 0.2) is 0 Å². The van der Waals surface area contributed by atoms with Crippen LogP contribution in [0.5, 0.6) is 5.75 Å². The Hall–Kier alpha value is -1.59. The SMILES string of the molecule is O=C1[C@@H]2CCCC[C@H]2C(=O)N1C[C@H](O)COc1ccc(Cl)cc1. The third-order valence-electron chi connectivity index (χ3n) is 4.58. The molecule has 1 saturated heterocycles. The van der Waals surface area contributed by atoms with Crippen LogP contribution in [-0.2, 0) is 9.59 Å². The van der Waals surface area contributed by atoms with Gasteiger partial charge in [0.05, 0.1) is 18.4 Å². The second-order valence-electron chi connectivity index (χ2n) is 6.20. The smallest absolute Gasteiger partial charge is 0.233 e. The Kier molecular flexibility index (Phi) is 4.87. The molecule has 1 N–H and O–H groups in total. The summed E-state index contributed by atoms with van der Waals surface area (Å²) in [5, 5.41) is 10.7. The molecule has 2 aliphatic rings. The number of amides is 2. The number of fused-ring (bicyclic) bond motifs is 1. The van der Waals surface area contributed by atoms with Gasteiger partial charge in [-0.15, -0.1) is 0 Å². The fourth-order valence-corrected chi connectivity index (χ4v) is 3.52. The van der Waals surface area contributed by atoms with E-state index in [0.29, 0.717) is 10.8 Å². The largest absolute Gasteiger partial charge is 0.491 e. The van der Waals surface area contributed by atoms with E-state index >= 15 is 0 Å². The van der Waals surface area contributed by atoms with E-state index in [-0.39, 0.29) is 36.8 Å². The van der Waals surface area contributed by atoms with Crippen molar-refractivity contribution in [3.05, 3.63) is 29.3 Å². The number of rotatable bonds is 5. The monoisotopic (exact) mass is 337 g/mol. The molecule has 23 heavy (non-hydrogen) atoms. The maximum Gasteiger partial charge on any atom is 0.233 e. The predicted octanol–water partition coefficient (Wildman–Crippen LogP) is 2.25. The quantitative estimate of drug-likeness (QED) is 0.837. The summed E-state index contributed by atoms with van der Waals surface area (Å²) in [6.45, 7) is 0.0201. The van der Waals surface area contributed by atoms with Crippen molar-refractivity contribution < 1.29 is 19.4 Å². The summed E-state index contributed by atoms with van der Waals surface area (Å²) in [5.41, 5.74) is 0. The second-order valence-corrected chi connectivity index (χ2v) is 6.64. The highest BCUT2D eigenvalue weighted by molar-refractivity contribution is 6.30. The van der Waals surface area contributed by atoms with Crippen LogP contribution in [0.15, 0.2) is 24.3 Å². The molecule has 124 valence electrons. The Morgan fingerprint density at radius 1 is 1.13 bits per heavy atom. The molecular weight excluding hydrogens is 318 g/mol. The third kappa shape index (κ3) is 3.51. The van der Waals surface area contributed by atoms with Crippen LogP contribution in [0.1, 0.15) is 25.7 Å². The van der Waals surface area contributed by atoms with Crippen LogP contribution in [0, 0.1) is 11.8 Å². The highest BCUT2D eigenvalue weighted by Gasteiger charge is 2.48. The minimum Gasteiger partial charge on any atom is -0.491 e. The fraction of sp³-hybridized carbons (Fsp3) is 0.529. The first kappa shape index (κ1) is 16.3. The van der Waals surface area contributed by atoms with Crippen LogP contribution >= 0.6 is 11.6 Å². The van der Waals surface area contributed by atoms with E-state index in [1.807, 2.05) is 0 Å². The molecule has 6 heteroatoms. The van der Waals surface area contributed by atoms with Gasteiger partial charge in [0, 0.05) is 5.02 Å². The van der Waals surface area contributed by atoms with Crippen molar-refractivity contribution in [1.29, 1.82) is 0 Å². The Bertz CT molecular complexity index is 565. The molecule has 1 heterocycles. The van der Waals surface area contributed by atoms with Crippen LogP contribution in [0.3, 0.4) is 0 Å². The Morgan fingerprint density at radius 3 is 2.26 bits per heavy atom. The normalized spacial score (nSPS) is 25.4. The number of aliphatic hydroxyl groups excluding tert-OH is 1. The van der Waals surface area contributed by atoms with Crippen LogP contribution in [0.25, 0.3) is 0 Å². The van der Waals surface area contributed by atoms with E-state index in [9.17, 15) is 14.7 Å². The second kappa shape index (κ2) is 6.89. The molecule has 3 atom stereocenters. The van der Waals surface area contributed by atoms with Gasteiger partial charge >= 0.3 is 0 Å². The van der Waals surface area contributed by atoms with Gasteiger partial charge in [-0.05, 0) is 37.1 Å². The van der Waals surface area contributed by atoms with Crippen LogP contribution in [0.2, 0.25) is 5.02 Å². The van der Waals surface area contributed by atoms with Gasteiger partial charge in [0.1, 0.15) is 18.5 Å². The van der Waals surface area contributed by atoms with Gasteiger partial charge in [0.25, 0.3) is 0 Å². The van der Waals surface area contributed by atoms with Crippen molar-refractivity contribution in [3.8, 4) is 5.75 Å². The summed E-state index contributed by atoms with van der Waals surface area (Å²) in [6, 6.07) is 6.80. The van der Waals surface area contributed by atoms with Crippen molar-refractivity contribution in [3.63, 3.8) is 0 Å². The molecule has 0 unspecified atom stereocenters. The Balaban J connectivity index is 1.55. The van der Waals surface area contributed by atoms with E-state index in [2.05, 4.69) is 0 Å². The molecular formula is C17H20ClNO4. The van der Waals surface area contributed by atoms with E-state index in [1.54, 1.807) is 24.3 Å². The lowest BCUT2D eigenvalue weighted by Gasteiger charge is -2.19. The molecule has 3 rings (SSSR count). The highest BCUT2D eigenvalue weighted by Crippen LogP contribution is 2.37. The average molecular weight is 338 g/mol. The predicted molar refractivity (Wildman–Crippen MR) is 85.1 cm³/mol.